The number of nitrogens with one attached hydrogen (secondary N) is 2. The van der Waals surface area contributed by atoms with Crippen LogP contribution in [0.1, 0.15) is 44.7 Å². The van der Waals surface area contributed by atoms with E-state index in [4.69, 9.17) is 4.74 Å². The first-order valence-electron chi connectivity index (χ1n) is 11.3. The molecule has 1 heterocycles. The van der Waals surface area contributed by atoms with Gasteiger partial charge in [0.2, 0.25) is 0 Å². The SMILES string of the molecule is CC(C)(C)OC(=O)NCCCC(NC(=O)C1=CC=CN(Cc2ccccc2C(F)(F)F)C1=C=O)C(=O)O. The van der Waals surface area contributed by atoms with E-state index < -0.39 is 41.4 Å². The summed E-state index contributed by atoms with van der Waals surface area (Å²) in [6, 6.07) is 3.46. The van der Waals surface area contributed by atoms with Gasteiger partial charge in [-0.25, -0.2) is 14.4 Å². The van der Waals surface area contributed by atoms with Crippen LogP contribution in [0, 0.1) is 0 Å². The van der Waals surface area contributed by atoms with Crippen LogP contribution in [0.4, 0.5) is 18.0 Å². The molecule has 0 fully saturated rings. The number of hydrogen-bond donors (Lipinski definition) is 3. The molecule has 2 amide bonds. The van der Waals surface area contributed by atoms with E-state index in [-0.39, 0.29) is 42.8 Å². The maximum Gasteiger partial charge on any atom is 0.416 e. The highest BCUT2D eigenvalue weighted by Gasteiger charge is 2.34. The number of rotatable bonds is 9. The van der Waals surface area contributed by atoms with Gasteiger partial charge in [-0.15, -0.1) is 0 Å². The molecule has 0 saturated heterocycles. The number of ether oxygens (including phenoxy) is 1. The lowest BCUT2D eigenvalue weighted by Gasteiger charge is -2.27. The van der Waals surface area contributed by atoms with Gasteiger partial charge in [0.25, 0.3) is 5.91 Å². The molecule has 2 rings (SSSR count). The number of hydrogen-bond acceptors (Lipinski definition) is 6. The quantitative estimate of drug-likeness (QED) is 0.334. The van der Waals surface area contributed by atoms with Gasteiger partial charge in [-0.1, -0.05) is 18.2 Å². The second-order valence-corrected chi connectivity index (χ2v) is 9.09. The first-order valence-corrected chi connectivity index (χ1v) is 11.3. The maximum absolute atomic E-state index is 13.4. The van der Waals surface area contributed by atoms with Gasteiger partial charge in [0.1, 0.15) is 17.3 Å². The molecule has 1 unspecified atom stereocenters. The van der Waals surface area contributed by atoms with E-state index in [0.717, 1.165) is 11.0 Å². The van der Waals surface area contributed by atoms with Crippen LogP contribution in [-0.2, 0) is 31.8 Å². The average molecular weight is 524 g/mol. The molecule has 1 aromatic carbocycles. The number of carbonyl (C=O) groups excluding carboxylic acids is 3. The summed E-state index contributed by atoms with van der Waals surface area (Å²) in [7, 11) is 0. The molecule has 0 saturated carbocycles. The molecule has 9 nitrogen and oxygen atoms in total. The van der Waals surface area contributed by atoms with Crippen LogP contribution in [0.25, 0.3) is 0 Å². The second-order valence-electron chi connectivity index (χ2n) is 9.09. The van der Waals surface area contributed by atoms with Crippen LogP contribution in [0.15, 0.2) is 53.9 Å². The van der Waals surface area contributed by atoms with Crippen molar-refractivity contribution in [3.8, 4) is 0 Å². The van der Waals surface area contributed by atoms with Gasteiger partial charge in [0, 0.05) is 19.3 Å². The number of amides is 2. The van der Waals surface area contributed by atoms with E-state index in [9.17, 15) is 37.5 Å². The van der Waals surface area contributed by atoms with Crippen molar-refractivity contribution in [1.82, 2.24) is 15.5 Å². The zero-order valence-electron chi connectivity index (χ0n) is 20.5. The molecule has 12 heteroatoms. The minimum atomic E-state index is -4.62. The van der Waals surface area contributed by atoms with Crippen molar-refractivity contribution in [3.63, 3.8) is 0 Å². The third-order valence-electron chi connectivity index (χ3n) is 5.02. The van der Waals surface area contributed by atoms with Crippen molar-refractivity contribution in [3.05, 3.63) is 65.0 Å². The van der Waals surface area contributed by atoms with E-state index in [1.165, 1.54) is 36.6 Å². The predicted octanol–water partition coefficient (Wildman–Crippen LogP) is 3.55. The normalized spacial score (nSPS) is 14.4. The van der Waals surface area contributed by atoms with Crippen molar-refractivity contribution < 1.29 is 42.2 Å². The number of carbonyl (C=O) groups is 3. The Kier molecular flexibility index (Phi) is 9.67. The number of alkyl carbamates (subject to hydrolysis) is 1. The van der Waals surface area contributed by atoms with E-state index in [0.29, 0.717) is 0 Å². The number of aliphatic carboxylic acids is 1. The predicted molar refractivity (Wildman–Crippen MR) is 126 cm³/mol. The van der Waals surface area contributed by atoms with Gasteiger partial charge >= 0.3 is 18.2 Å². The molecule has 1 aliphatic rings. The summed E-state index contributed by atoms with van der Waals surface area (Å²) in [6.07, 6.45) is -1.24. The number of halogens is 3. The summed E-state index contributed by atoms with van der Waals surface area (Å²) in [5.41, 5.74) is -2.31. The molecule has 1 aromatic rings. The number of benzene rings is 1. The first-order chi connectivity index (χ1) is 17.2. The zero-order valence-corrected chi connectivity index (χ0v) is 20.5. The van der Waals surface area contributed by atoms with Gasteiger partial charge in [0.05, 0.1) is 11.1 Å². The van der Waals surface area contributed by atoms with Crippen LogP contribution in [0.2, 0.25) is 0 Å². The van der Waals surface area contributed by atoms with E-state index in [1.54, 1.807) is 26.7 Å². The summed E-state index contributed by atoms with van der Waals surface area (Å²) in [4.78, 5) is 49.0. The third kappa shape index (κ3) is 8.84. The van der Waals surface area contributed by atoms with Gasteiger partial charge < -0.3 is 25.4 Å². The number of allylic oxidation sites excluding steroid dienone is 2. The van der Waals surface area contributed by atoms with Gasteiger partial charge in [0.15, 0.2) is 5.94 Å². The molecule has 3 N–H and O–H groups in total. The molecule has 0 radical (unpaired) electrons. The highest BCUT2D eigenvalue weighted by Crippen LogP contribution is 2.33. The molecule has 0 spiro atoms. The van der Waals surface area contributed by atoms with Crippen molar-refractivity contribution in [1.29, 1.82) is 0 Å². The Morgan fingerprint density at radius 1 is 1.16 bits per heavy atom. The van der Waals surface area contributed by atoms with E-state index in [1.807, 2.05) is 0 Å². The molecule has 37 heavy (non-hydrogen) atoms. The summed E-state index contributed by atoms with van der Waals surface area (Å²) < 4.78 is 45.2. The van der Waals surface area contributed by atoms with Gasteiger partial charge in [-0.3, -0.25) is 4.79 Å². The van der Waals surface area contributed by atoms with E-state index in [2.05, 4.69) is 10.6 Å². The van der Waals surface area contributed by atoms with Crippen LogP contribution in [0.3, 0.4) is 0 Å². The second kappa shape index (κ2) is 12.3. The smallest absolute Gasteiger partial charge is 0.416 e. The minimum absolute atomic E-state index is 0.0528. The van der Waals surface area contributed by atoms with Crippen molar-refractivity contribution in [2.24, 2.45) is 0 Å². The van der Waals surface area contributed by atoms with Crippen LogP contribution in [0.5, 0.6) is 0 Å². The highest BCUT2D eigenvalue weighted by atomic mass is 19.4. The number of carboxylic acids is 1. The lowest BCUT2D eigenvalue weighted by Crippen LogP contribution is -2.43. The fraction of sp³-hybridized carbons (Fsp3) is 0.400. The minimum Gasteiger partial charge on any atom is -0.480 e. The largest absolute Gasteiger partial charge is 0.480 e. The Bertz CT molecular complexity index is 1130. The molecule has 1 atom stereocenters. The highest BCUT2D eigenvalue weighted by molar-refractivity contribution is 6.02. The van der Waals surface area contributed by atoms with Crippen LogP contribution in [-0.4, -0.2) is 52.1 Å². The summed E-state index contributed by atoms with van der Waals surface area (Å²) in [5.74, 6) is -0.684. The number of alkyl halides is 3. The Balaban J connectivity index is 2.05. The Hall–Kier alpha value is -4.05. The third-order valence-corrected chi connectivity index (χ3v) is 5.02. The summed E-state index contributed by atoms with van der Waals surface area (Å²) >= 11 is 0. The fourth-order valence-corrected chi connectivity index (χ4v) is 3.40. The number of carboxylic acid groups (broad SMARTS) is 1. The Morgan fingerprint density at radius 3 is 2.43 bits per heavy atom. The number of nitrogens with zero attached hydrogens (tertiary/aromatic N) is 1. The molecular weight excluding hydrogens is 495 g/mol. The average Bonchev–Trinajstić information content (AvgIpc) is 2.79. The molecule has 1 aliphatic heterocycles. The lowest BCUT2D eigenvalue weighted by atomic mass is 10.0. The molecule has 0 bridgehead atoms. The lowest BCUT2D eigenvalue weighted by molar-refractivity contribution is -0.141. The molecule has 0 aromatic heterocycles. The van der Waals surface area contributed by atoms with Crippen LogP contribution < -0.4 is 10.6 Å². The van der Waals surface area contributed by atoms with Crippen LogP contribution >= 0.6 is 0 Å². The Labute approximate surface area is 211 Å². The zero-order chi connectivity index (χ0) is 27.8. The van der Waals surface area contributed by atoms with Gasteiger partial charge in [-0.05, 0) is 57.4 Å². The standard InChI is InChI=1S/C25H28F3N3O6/c1-24(2,3)37-23(36)29-12-6-11-19(22(34)35)30-21(33)17-9-7-13-31(20(17)15-32)14-16-8-4-5-10-18(16)25(26,27)28/h4-5,7-10,13,19H,6,11-12,14H2,1-3H3,(H,29,36)(H,30,33)(H,34,35). The summed E-state index contributed by atoms with van der Waals surface area (Å²) in [6.45, 7) is 4.79. The topological polar surface area (TPSA) is 125 Å². The van der Waals surface area contributed by atoms with Gasteiger partial charge in [-0.2, -0.15) is 13.2 Å². The molecular formula is C25H28F3N3O6. The fourth-order valence-electron chi connectivity index (χ4n) is 3.40. The molecule has 200 valence electrons. The van der Waals surface area contributed by atoms with Crippen molar-refractivity contribution in [2.75, 3.05) is 6.54 Å². The first kappa shape index (κ1) is 29.2. The van der Waals surface area contributed by atoms with E-state index >= 15 is 0 Å². The monoisotopic (exact) mass is 523 g/mol. The van der Waals surface area contributed by atoms with Crippen molar-refractivity contribution >= 4 is 23.9 Å². The summed E-state index contributed by atoms with van der Waals surface area (Å²) in [5, 5.41) is 14.3. The molecule has 0 aliphatic carbocycles. The van der Waals surface area contributed by atoms with Crippen molar-refractivity contribution in [2.45, 2.75) is 58.0 Å². The maximum atomic E-state index is 13.4. The Morgan fingerprint density at radius 2 is 1.84 bits per heavy atom.